The van der Waals surface area contributed by atoms with Crippen molar-refractivity contribution in [3.05, 3.63) is 12.5 Å². The summed E-state index contributed by atoms with van der Waals surface area (Å²) in [6.07, 6.45) is 7.67. The molecular weight excluding hydrogens is 288 g/mol. The van der Waals surface area contributed by atoms with Gasteiger partial charge in [-0.05, 0) is 45.1 Å². The van der Waals surface area contributed by atoms with Gasteiger partial charge in [0.15, 0.2) is 5.03 Å². The summed E-state index contributed by atoms with van der Waals surface area (Å²) in [7, 11) is -3.42. The smallest absolute Gasteiger partial charge is 0.262 e. The molecule has 0 atom stereocenters. The number of nitrogens with one attached hydrogen (secondary N) is 1. The number of hydrogen-bond acceptors (Lipinski definition) is 4. The van der Waals surface area contributed by atoms with Gasteiger partial charge in [-0.2, -0.15) is 4.31 Å². The molecule has 1 saturated carbocycles. The molecular formula is C14H24N4O2S. The summed E-state index contributed by atoms with van der Waals surface area (Å²) >= 11 is 0. The highest BCUT2D eigenvalue weighted by Crippen LogP contribution is 2.28. The van der Waals surface area contributed by atoms with Crippen LogP contribution >= 0.6 is 0 Å². The van der Waals surface area contributed by atoms with Gasteiger partial charge in [0.05, 0.1) is 6.33 Å². The predicted molar refractivity (Wildman–Crippen MR) is 80.4 cm³/mol. The second-order valence-electron chi connectivity index (χ2n) is 6.07. The number of hydrogen-bond donors (Lipinski definition) is 1. The van der Waals surface area contributed by atoms with E-state index in [-0.39, 0.29) is 5.03 Å². The normalized spacial score (nSPS) is 21.8. The van der Waals surface area contributed by atoms with Crippen LogP contribution in [0.1, 0.15) is 32.6 Å². The summed E-state index contributed by atoms with van der Waals surface area (Å²) in [6.45, 7) is 4.97. The van der Waals surface area contributed by atoms with Crippen molar-refractivity contribution in [1.82, 2.24) is 19.2 Å². The van der Waals surface area contributed by atoms with E-state index in [9.17, 15) is 8.42 Å². The molecule has 1 aromatic rings. The van der Waals surface area contributed by atoms with Crippen LogP contribution < -0.4 is 5.32 Å². The number of sulfonamides is 1. The number of nitrogens with zero attached hydrogens (tertiary/aromatic N) is 3. The highest BCUT2D eigenvalue weighted by molar-refractivity contribution is 7.89. The average molecular weight is 312 g/mol. The van der Waals surface area contributed by atoms with E-state index in [1.807, 2.05) is 6.92 Å². The van der Waals surface area contributed by atoms with Gasteiger partial charge in [0.1, 0.15) is 0 Å². The van der Waals surface area contributed by atoms with E-state index in [1.54, 1.807) is 21.4 Å². The van der Waals surface area contributed by atoms with Gasteiger partial charge in [0.25, 0.3) is 10.0 Å². The molecule has 0 unspecified atom stereocenters. The van der Waals surface area contributed by atoms with Crippen LogP contribution in [-0.4, -0.2) is 48.0 Å². The van der Waals surface area contributed by atoms with E-state index in [4.69, 9.17) is 0 Å². The first kappa shape index (κ1) is 15.0. The zero-order chi connectivity index (χ0) is 14.9. The van der Waals surface area contributed by atoms with Gasteiger partial charge in [-0.1, -0.05) is 0 Å². The summed E-state index contributed by atoms with van der Waals surface area (Å²) < 4.78 is 28.4. The molecule has 2 aliphatic rings. The zero-order valence-corrected chi connectivity index (χ0v) is 13.3. The van der Waals surface area contributed by atoms with Gasteiger partial charge < -0.3 is 9.88 Å². The Morgan fingerprint density at radius 2 is 2.00 bits per heavy atom. The zero-order valence-electron chi connectivity index (χ0n) is 12.5. The molecule has 0 radical (unpaired) electrons. The highest BCUT2D eigenvalue weighted by atomic mass is 32.2. The van der Waals surface area contributed by atoms with Crippen LogP contribution in [0.3, 0.4) is 0 Å². The van der Waals surface area contributed by atoms with Crippen molar-refractivity contribution in [2.75, 3.05) is 19.6 Å². The van der Waals surface area contributed by atoms with Crippen LogP contribution in [0.2, 0.25) is 0 Å². The molecule has 21 heavy (non-hydrogen) atoms. The van der Waals surface area contributed by atoms with E-state index in [0.29, 0.717) is 19.1 Å². The number of aryl methyl sites for hydroxylation is 1. The Kier molecular flexibility index (Phi) is 4.33. The van der Waals surface area contributed by atoms with Crippen molar-refractivity contribution >= 4 is 10.0 Å². The van der Waals surface area contributed by atoms with Crippen LogP contribution in [0.5, 0.6) is 0 Å². The van der Waals surface area contributed by atoms with E-state index in [2.05, 4.69) is 10.3 Å². The number of piperidine rings is 1. The second kappa shape index (κ2) is 6.06. The third-order valence-electron chi connectivity index (χ3n) is 4.42. The minimum Gasteiger partial charge on any atom is -0.336 e. The quantitative estimate of drug-likeness (QED) is 0.853. The SMILES string of the molecule is CCn1cnc(S(=O)(=O)N2CCC(NCC3CC3)CC2)c1. The van der Waals surface area contributed by atoms with Crippen molar-refractivity contribution in [2.24, 2.45) is 5.92 Å². The lowest BCUT2D eigenvalue weighted by Gasteiger charge is -2.31. The number of rotatable bonds is 6. The van der Waals surface area contributed by atoms with Crippen molar-refractivity contribution in [1.29, 1.82) is 0 Å². The monoisotopic (exact) mass is 312 g/mol. The molecule has 6 nitrogen and oxygen atoms in total. The summed E-state index contributed by atoms with van der Waals surface area (Å²) in [4.78, 5) is 4.04. The molecule has 0 spiro atoms. The first-order chi connectivity index (χ1) is 10.1. The molecule has 3 rings (SSSR count). The summed E-state index contributed by atoms with van der Waals surface area (Å²) in [5.74, 6) is 0.866. The maximum Gasteiger partial charge on any atom is 0.262 e. The Balaban J connectivity index is 1.57. The van der Waals surface area contributed by atoms with Gasteiger partial charge in [-0.25, -0.2) is 13.4 Å². The van der Waals surface area contributed by atoms with Crippen LogP contribution in [0.15, 0.2) is 17.6 Å². The summed E-state index contributed by atoms with van der Waals surface area (Å²) in [5.41, 5.74) is 0. The van der Waals surface area contributed by atoms with E-state index in [0.717, 1.165) is 31.8 Å². The minimum atomic E-state index is -3.42. The van der Waals surface area contributed by atoms with Crippen LogP contribution in [0.4, 0.5) is 0 Å². The summed E-state index contributed by atoms with van der Waals surface area (Å²) in [5, 5.41) is 3.74. The van der Waals surface area contributed by atoms with Gasteiger partial charge in [-0.15, -0.1) is 0 Å². The second-order valence-corrected chi connectivity index (χ2v) is 7.96. The molecule has 1 aliphatic carbocycles. The van der Waals surface area contributed by atoms with Gasteiger partial charge >= 0.3 is 0 Å². The van der Waals surface area contributed by atoms with E-state index >= 15 is 0 Å². The highest BCUT2D eigenvalue weighted by Gasteiger charge is 2.31. The Hall–Kier alpha value is -0.920. The fraction of sp³-hybridized carbons (Fsp3) is 0.786. The molecule has 7 heteroatoms. The van der Waals surface area contributed by atoms with Crippen LogP contribution in [0.25, 0.3) is 0 Å². The molecule has 1 aliphatic heterocycles. The molecule has 1 aromatic heterocycles. The maximum absolute atomic E-state index is 12.5. The number of aromatic nitrogens is 2. The maximum atomic E-state index is 12.5. The van der Waals surface area contributed by atoms with Crippen LogP contribution in [0, 0.1) is 5.92 Å². The Morgan fingerprint density at radius 3 is 2.57 bits per heavy atom. The molecule has 1 saturated heterocycles. The lowest BCUT2D eigenvalue weighted by atomic mass is 10.1. The third-order valence-corrected chi connectivity index (χ3v) is 6.21. The molecule has 2 fully saturated rings. The topological polar surface area (TPSA) is 67.2 Å². The molecule has 1 N–H and O–H groups in total. The van der Waals surface area contributed by atoms with Gasteiger partial charge in [0, 0.05) is 31.9 Å². The average Bonchev–Trinajstić information content (AvgIpc) is 3.19. The van der Waals surface area contributed by atoms with Crippen molar-refractivity contribution in [3.63, 3.8) is 0 Å². The van der Waals surface area contributed by atoms with Crippen molar-refractivity contribution < 1.29 is 8.42 Å². The van der Waals surface area contributed by atoms with Crippen molar-refractivity contribution in [2.45, 2.75) is 50.2 Å². The third kappa shape index (κ3) is 3.46. The molecule has 0 aromatic carbocycles. The molecule has 118 valence electrons. The minimum absolute atomic E-state index is 0.175. The predicted octanol–water partition coefficient (Wildman–Crippen LogP) is 1.06. The van der Waals surface area contributed by atoms with E-state index < -0.39 is 10.0 Å². The summed E-state index contributed by atoms with van der Waals surface area (Å²) in [6, 6.07) is 0.463. The molecule has 2 heterocycles. The lowest BCUT2D eigenvalue weighted by molar-refractivity contribution is 0.287. The number of imidazole rings is 1. The van der Waals surface area contributed by atoms with Gasteiger partial charge in [0.2, 0.25) is 0 Å². The fourth-order valence-electron chi connectivity index (χ4n) is 2.73. The molecule has 0 bridgehead atoms. The fourth-order valence-corrected chi connectivity index (χ4v) is 4.14. The van der Waals surface area contributed by atoms with Crippen LogP contribution in [-0.2, 0) is 16.6 Å². The molecule has 0 amide bonds. The first-order valence-electron chi connectivity index (χ1n) is 7.85. The van der Waals surface area contributed by atoms with Crippen molar-refractivity contribution in [3.8, 4) is 0 Å². The largest absolute Gasteiger partial charge is 0.336 e. The van der Waals surface area contributed by atoms with Gasteiger partial charge in [-0.3, -0.25) is 0 Å². The Bertz CT molecular complexity index is 572. The Labute approximate surface area is 126 Å². The first-order valence-corrected chi connectivity index (χ1v) is 9.29. The standard InChI is InChI=1S/C14H24N4O2S/c1-2-17-10-14(16-11-17)21(19,20)18-7-5-13(6-8-18)15-9-12-3-4-12/h10-13,15H,2-9H2,1H3. The lowest BCUT2D eigenvalue weighted by Crippen LogP contribution is -2.45. The van der Waals surface area contributed by atoms with E-state index in [1.165, 1.54) is 12.8 Å². The Morgan fingerprint density at radius 1 is 1.29 bits per heavy atom.